The number of sulfonamides is 1. The van der Waals surface area contributed by atoms with Gasteiger partial charge in [-0.2, -0.15) is 0 Å². The third-order valence-corrected chi connectivity index (χ3v) is 5.51. The Morgan fingerprint density at radius 3 is 2.84 bits per heavy atom. The van der Waals surface area contributed by atoms with E-state index < -0.39 is 15.3 Å². The van der Waals surface area contributed by atoms with Crippen molar-refractivity contribution in [3.8, 4) is 0 Å². The molecule has 4 nitrogen and oxygen atoms in total. The van der Waals surface area contributed by atoms with Gasteiger partial charge in [0.05, 0.1) is 11.9 Å². The van der Waals surface area contributed by atoms with Crippen molar-refractivity contribution in [2.24, 2.45) is 5.92 Å². The summed E-state index contributed by atoms with van der Waals surface area (Å²) in [6, 6.07) is 6.45. The molecule has 0 saturated carbocycles. The molecule has 0 aromatic heterocycles. The van der Waals surface area contributed by atoms with Crippen molar-refractivity contribution < 1.29 is 17.5 Å². The lowest BCUT2D eigenvalue weighted by atomic mass is 9.93. The van der Waals surface area contributed by atoms with Crippen LogP contribution < -0.4 is 4.72 Å². The van der Waals surface area contributed by atoms with Crippen LogP contribution in [-0.4, -0.2) is 33.9 Å². The Kier molecular flexibility index (Phi) is 4.54. The Morgan fingerprint density at radius 1 is 1.42 bits per heavy atom. The van der Waals surface area contributed by atoms with Crippen molar-refractivity contribution in [2.75, 3.05) is 20.3 Å². The molecule has 1 saturated heterocycles. The maximum atomic E-state index is 13.6. The fourth-order valence-electron chi connectivity index (χ4n) is 2.47. The van der Waals surface area contributed by atoms with Crippen LogP contribution in [0.5, 0.6) is 0 Å². The Labute approximate surface area is 113 Å². The second-order valence-electron chi connectivity index (χ2n) is 4.71. The number of hydrogen-bond acceptors (Lipinski definition) is 3. The third kappa shape index (κ3) is 3.32. The minimum atomic E-state index is -3.36. The normalized spacial score (nSPS) is 24.3. The van der Waals surface area contributed by atoms with Gasteiger partial charge in [-0.1, -0.05) is 18.2 Å². The smallest absolute Gasteiger partial charge is 0.214 e. The van der Waals surface area contributed by atoms with Gasteiger partial charge in [-0.25, -0.2) is 17.5 Å². The second kappa shape index (κ2) is 5.98. The molecular weight excluding hydrogens is 269 g/mol. The number of ether oxygens (including phenoxy) is 1. The zero-order valence-electron chi connectivity index (χ0n) is 10.8. The van der Waals surface area contributed by atoms with E-state index in [-0.39, 0.29) is 11.7 Å². The highest BCUT2D eigenvalue weighted by atomic mass is 32.2. The van der Waals surface area contributed by atoms with Gasteiger partial charge in [0.1, 0.15) is 5.82 Å². The molecule has 106 valence electrons. The van der Waals surface area contributed by atoms with Crippen LogP contribution in [-0.2, 0) is 21.2 Å². The Bertz CT molecular complexity index is 532. The number of nitrogens with one attached hydrogen (secondary N) is 1. The molecule has 0 bridgehead atoms. The Hall–Kier alpha value is -0.980. The summed E-state index contributed by atoms with van der Waals surface area (Å²) in [7, 11) is -1.95. The van der Waals surface area contributed by atoms with Gasteiger partial charge in [0, 0.05) is 12.5 Å². The van der Waals surface area contributed by atoms with Crippen molar-refractivity contribution in [3.05, 3.63) is 35.6 Å². The fourth-order valence-corrected chi connectivity index (χ4v) is 3.86. The van der Waals surface area contributed by atoms with Gasteiger partial charge in [0.2, 0.25) is 10.0 Å². The molecule has 6 heteroatoms. The van der Waals surface area contributed by atoms with Crippen LogP contribution in [0.4, 0.5) is 4.39 Å². The van der Waals surface area contributed by atoms with Gasteiger partial charge < -0.3 is 4.74 Å². The highest BCUT2D eigenvalue weighted by Gasteiger charge is 2.35. The van der Waals surface area contributed by atoms with Crippen LogP contribution in [0.15, 0.2) is 24.3 Å². The van der Waals surface area contributed by atoms with E-state index in [1.165, 1.54) is 13.1 Å². The van der Waals surface area contributed by atoms with Gasteiger partial charge in [-0.3, -0.25) is 0 Å². The van der Waals surface area contributed by atoms with Crippen LogP contribution in [0.2, 0.25) is 0 Å². The largest absolute Gasteiger partial charge is 0.381 e. The first-order valence-corrected chi connectivity index (χ1v) is 7.82. The predicted molar refractivity (Wildman–Crippen MR) is 70.8 cm³/mol. The summed E-state index contributed by atoms with van der Waals surface area (Å²) in [5.74, 6) is -0.517. The molecule has 0 spiro atoms. The zero-order valence-corrected chi connectivity index (χ0v) is 11.6. The standard InChI is InChI=1S/C13H18FNO3S/c1-15-19(16,17)13-6-7-18-9-11(13)8-10-4-2-3-5-12(10)14/h2-5,11,13,15H,6-9H2,1H3/t11-,13+/m1/s1. The van der Waals surface area contributed by atoms with E-state index in [1.807, 2.05) is 0 Å². The lowest BCUT2D eigenvalue weighted by Crippen LogP contribution is -2.43. The summed E-state index contributed by atoms with van der Waals surface area (Å²) in [6.45, 7) is 0.777. The van der Waals surface area contributed by atoms with E-state index in [0.29, 0.717) is 31.6 Å². The minimum absolute atomic E-state index is 0.219. The van der Waals surface area contributed by atoms with Gasteiger partial charge in [-0.05, 0) is 31.5 Å². The van der Waals surface area contributed by atoms with Crippen molar-refractivity contribution >= 4 is 10.0 Å². The van der Waals surface area contributed by atoms with Crippen molar-refractivity contribution in [3.63, 3.8) is 0 Å². The average molecular weight is 287 g/mol. The molecule has 0 aliphatic carbocycles. The highest BCUT2D eigenvalue weighted by molar-refractivity contribution is 7.90. The molecular formula is C13H18FNO3S. The number of hydrogen-bond donors (Lipinski definition) is 1. The maximum Gasteiger partial charge on any atom is 0.214 e. The summed E-state index contributed by atoms with van der Waals surface area (Å²) < 4.78 is 45.3. The predicted octanol–water partition coefficient (Wildman–Crippen LogP) is 1.32. The number of benzene rings is 1. The molecule has 1 N–H and O–H groups in total. The van der Waals surface area contributed by atoms with E-state index >= 15 is 0 Å². The molecule has 1 heterocycles. The van der Waals surface area contributed by atoms with Gasteiger partial charge >= 0.3 is 0 Å². The number of rotatable bonds is 4. The maximum absolute atomic E-state index is 13.6. The lowest BCUT2D eigenvalue weighted by Gasteiger charge is -2.31. The summed E-state index contributed by atoms with van der Waals surface area (Å²) in [5, 5.41) is -0.522. The summed E-state index contributed by atoms with van der Waals surface area (Å²) in [5.41, 5.74) is 0.536. The minimum Gasteiger partial charge on any atom is -0.381 e. The average Bonchev–Trinajstić information content (AvgIpc) is 2.42. The topological polar surface area (TPSA) is 55.4 Å². The van der Waals surface area contributed by atoms with E-state index in [0.717, 1.165) is 0 Å². The van der Waals surface area contributed by atoms with Crippen molar-refractivity contribution in [2.45, 2.75) is 18.1 Å². The molecule has 1 aliphatic heterocycles. The highest BCUT2D eigenvalue weighted by Crippen LogP contribution is 2.25. The van der Waals surface area contributed by atoms with E-state index in [9.17, 15) is 12.8 Å². The quantitative estimate of drug-likeness (QED) is 0.909. The molecule has 1 aromatic rings. The number of halogens is 1. The summed E-state index contributed by atoms with van der Waals surface area (Å²) >= 11 is 0. The molecule has 19 heavy (non-hydrogen) atoms. The van der Waals surface area contributed by atoms with E-state index in [4.69, 9.17) is 4.74 Å². The molecule has 2 atom stereocenters. The molecule has 2 rings (SSSR count). The molecule has 1 aromatic carbocycles. The summed E-state index contributed by atoms with van der Waals surface area (Å²) in [6.07, 6.45) is 0.820. The summed E-state index contributed by atoms with van der Waals surface area (Å²) in [4.78, 5) is 0. The molecule has 1 aliphatic rings. The van der Waals surface area contributed by atoms with Crippen molar-refractivity contribution in [1.29, 1.82) is 0 Å². The first-order chi connectivity index (χ1) is 9.04. The van der Waals surface area contributed by atoms with Crippen LogP contribution >= 0.6 is 0 Å². The SMILES string of the molecule is CNS(=O)(=O)[C@H]1CCOC[C@H]1Cc1ccccc1F. The zero-order chi connectivity index (χ0) is 13.9. The second-order valence-corrected chi connectivity index (χ2v) is 6.81. The van der Waals surface area contributed by atoms with Crippen LogP contribution in [0.3, 0.4) is 0 Å². The monoisotopic (exact) mass is 287 g/mol. The van der Waals surface area contributed by atoms with Crippen LogP contribution in [0.25, 0.3) is 0 Å². The first kappa shape index (κ1) is 14.4. The molecule has 0 unspecified atom stereocenters. The van der Waals surface area contributed by atoms with Gasteiger partial charge in [0.15, 0.2) is 0 Å². The lowest BCUT2D eigenvalue weighted by molar-refractivity contribution is 0.0568. The van der Waals surface area contributed by atoms with Gasteiger partial charge in [-0.15, -0.1) is 0 Å². The molecule has 0 amide bonds. The van der Waals surface area contributed by atoms with Crippen molar-refractivity contribution in [1.82, 2.24) is 4.72 Å². The third-order valence-electron chi connectivity index (χ3n) is 3.53. The first-order valence-electron chi connectivity index (χ1n) is 6.28. The van der Waals surface area contributed by atoms with Crippen LogP contribution in [0, 0.1) is 11.7 Å². The van der Waals surface area contributed by atoms with E-state index in [1.54, 1.807) is 18.2 Å². The molecule has 0 radical (unpaired) electrons. The fraction of sp³-hybridized carbons (Fsp3) is 0.538. The molecule has 1 fully saturated rings. The van der Waals surface area contributed by atoms with E-state index in [2.05, 4.69) is 4.72 Å². The Balaban J connectivity index is 2.19. The van der Waals surface area contributed by atoms with Crippen LogP contribution in [0.1, 0.15) is 12.0 Å². The van der Waals surface area contributed by atoms with Gasteiger partial charge in [0.25, 0.3) is 0 Å². The Morgan fingerprint density at radius 2 is 2.16 bits per heavy atom.